The molecule has 3 N–H and O–H groups in total. The highest BCUT2D eigenvalue weighted by atomic mass is 32.2. The van der Waals surface area contributed by atoms with Gasteiger partial charge in [0.1, 0.15) is 0 Å². The van der Waals surface area contributed by atoms with E-state index in [1.54, 1.807) is 0 Å². The monoisotopic (exact) mass is 233 g/mol. The van der Waals surface area contributed by atoms with E-state index in [2.05, 4.69) is 4.90 Å². The van der Waals surface area contributed by atoms with E-state index in [1.165, 1.54) is 0 Å². The third-order valence-electron chi connectivity index (χ3n) is 2.71. The molecule has 1 unspecified atom stereocenters. The van der Waals surface area contributed by atoms with Crippen LogP contribution in [0, 0.1) is 11.3 Å². The first-order valence-corrected chi connectivity index (χ1v) is 6.99. The summed E-state index contributed by atoms with van der Waals surface area (Å²) in [7, 11) is -2.83. The summed E-state index contributed by atoms with van der Waals surface area (Å²) in [4.78, 5) is 2.08. The van der Waals surface area contributed by atoms with Gasteiger partial charge in [0.05, 0.1) is 17.3 Å². The highest BCUT2D eigenvalue weighted by molar-refractivity contribution is 7.91. The van der Waals surface area contributed by atoms with E-state index in [0.29, 0.717) is 19.5 Å². The molecule has 15 heavy (non-hydrogen) atoms. The smallest absolute Gasteiger partial charge is 0.151 e. The van der Waals surface area contributed by atoms with Crippen LogP contribution in [0.25, 0.3) is 0 Å². The fourth-order valence-corrected chi connectivity index (χ4v) is 2.97. The van der Waals surface area contributed by atoms with Crippen molar-refractivity contribution < 1.29 is 8.42 Å². The molecule has 1 fully saturated rings. The van der Waals surface area contributed by atoms with Crippen molar-refractivity contribution in [1.29, 1.82) is 5.41 Å². The van der Waals surface area contributed by atoms with E-state index < -0.39 is 9.84 Å². The first kappa shape index (κ1) is 12.4. The Morgan fingerprint density at radius 2 is 2.13 bits per heavy atom. The molecule has 0 amide bonds. The highest BCUT2D eigenvalue weighted by Crippen LogP contribution is 2.07. The first-order chi connectivity index (χ1) is 6.91. The van der Waals surface area contributed by atoms with E-state index in [0.717, 1.165) is 6.54 Å². The van der Waals surface area contributed by atoms with Gasteiger partial charge in [0.15, 0.2) is 9.84 Å². The Kier molecular flexibility index (Phi) is 4.10. The molecule has 1 atom stereocenters. The summed E-state index contributed by atoms with van der Waals surface area (Å²) in [6.45, 7) is 3.93. The van der Waals surface area contributed by atoms with E-state index in [-0.39, 0.29) is 23.3 Å². The van der Waals surface area contributed by atoms with Crippen LogP contribution in [0.3, 0.4) is 0 Å². The van der Waals surface area contributed by atoms with Crippen molar-refractivity contribution in [2.75, 3.05) is 31.1 Å². The molecule has 6 heteroatoms. The Bertz CT molecular complexity index is 326. The zero-order valence-electron chi connectivity index (χ0n) is 9.07. The average Bonchev–Trinajstić information content (AvgIpc) is 2.28. The SMILES string of the molecule is CC(CN1CCCS(=O)(=O)CC1)C(=N)N. The molecule has 1 rings (SSSR count). The maximum atomic E-state index is 11.3. The third kappa shape index (κ3) is 4.17. The molecule has 5 nitrogen and oxygen atoms in total. The lowest BCUT2D eigenvalue weighted by molar-refractivity contribution is 0.278. The summed E-state index contributed by atoms with van der Waals surface area (Å²) in [6.07, 6.45) is 0.687. The topological polar surface area (TPSA) is 87.2 Å². The van der Waals surface area contributed by atoms with Crippen LogP contribution in [0.4, 0.5) is 0 Å². The van der Waals surface area contributed by atoms with Crippen LogP contribution < -0.4 is 5.73 Å². The van der Waals surface area contributed by atoms with Crippen LogP contribution in [-0.4, -0.2) is 50.3 Å². The molecule has 0 aromatic rings. The third-order valence-corrected chi connectivity index (χ3v) is 4.43. The molecule has 0 saturated carbocycles. The van der Waals surface area contributed by atoms with Gasteiger partial charge in [-0.3, -0.25) is 5.41 Å². The number of nitrogens with one attached hydrogen (secondary N) is 1. The summed E-state index contributed by atoms with van der Waals surface area (Å²) in [5, 5.41) is 7.28. The fourth-order valence-electron chi connectivity index (χ4n) is 1.66. The van der Waals surface area contributed by atoms with Gasteiger partial charge >= 0.3 is 0 Å². The van der Waals surface area contributed by atoms with Crippen molar-refractivity contribution in [3.05, 3.63) is 0 Å². The lowest BCUT2D eigenvalue weighted by Gasteiger charge is -2.22. The second-order valence-electron chi connectivity index (χ2n) is 4.16. The van der Waals surface area contributed by atoms with Crippen molar-refractivity contribution in [2.24, 2.45) is 11.7 Å². The molecular weight excluding hydrogens is 214 g/mol. The number of nitrogens with zero attached hydrogens (tertiary/aromatic N) is 1. The number of amidine groups is 1. The van der Waals surface area contributed by atoms with Crippen molar-refractivity contribution in [1.82, 2.24) is 4.90 Å². The highest BCUT2D eigenvalue weighted by Gasteiger charge is 2.20. The van der Waals surface area contributed by atoms with Crippen LogP contribution in [0.2, 0.25) is 0 Å². The Labute approximate surface area is 91.1 Å². The summed E-state index contributed by atoms with van der Waals surface area (Å²) in [5.74, 6) is 0.697. The molecule has 0 aliphatic carbocycles. The number of hydrogen-bond acceptors (Lipinski definition) is 4. The van der Waals surface area contributed by atoms with Crippen molar-refractivity contribution in [3.63, 3.8) is 0 Å². The predicted molar refractivity (Wildman–Crippen MR) is 60.8 cm³/mol. The quantitative estimate of drug-likeness (QED) is 0.516. The van der Waals surface area contributed by atoms with Gasteiger partial charge in [0.2, 0.25) is 0 Å². The average molecular weight is 233 g/mol. The maximum absolute atomic E-state index is 11.3. The van der Waals surface area contributed by atoms with Crippen LogP contribution >= 0.6 is 0 Å². The van der Waals surface area contributed by atoms with E-state index in [1.807, 2.05) is 6.92 Å². The molecule has 88 valence electrons. The molecule has 0 bridgehead atoms. The van der Waals surface area contributed by atoms with Gasteiger partial charge in [-0.1, -0.05) is 6.92 Å². The van der Waals surface area contributed by atoms with Crippen molar-refractivity contribution in [2.45, 2.75) is 13.3 Å². The van der Waals surface area contributed by atoms with Gasteiger partial charge in [0.25, 0.3) is 0 Å². The van der Waals surface area contributed by atoms with E-state index in [9.17, 15) is 8.42 Å². The molecule has 0 radical (unpaired) electrons. The van der Waals surface area contributed by atoms with E-state index >= 15 is 0 Å². The fraction of sp³-hybridized carbons (Fsp3) is 0.889. The van der Waals surface area contributed by atoms with E-state index in [4.69, 9.17) is 11.1 Å². The minimum atomic E-state index is -2.83. The summed E-state index contributed by atoms with van der Waals surface area (Å²) >= 11 is 0. The van der Waals surface area contributed by atoms with Crippen LogP contribution in [0.15, 0.2) is 0 Å². The summed E-state index contributed by atoms with van der Waals surface area (Å²) in [5.41, 5.74) is 5.38. The number of rotatable bonds is 3. The van der Waals surface area contributed by atoms with Gasteiger partial charge in [-0.15, -0.1) is 0 Å². The van der Waals surface area contributed by atoms with Gasteiger partial charge in [0, 0.05) is 19.0 Å². The molecule has 1 aliphatic heterocycles. The van der Waals surface area contributed by atoms with Crippen molar-refractivity contribution >= 4 is 15.7 Å². The number of hydrogen-bond donors (Lipinski definition) is 2. The maximum Gasteiger partial charge on any atom is 0.151 e. The molecule has 1 heterocycles. The summed E-state index contributed by atoms with van der Waals surface area (Å²) < 4.78 is 22.7. The molecule has 1 aliphatic rings. The van der Waals surface area contributed by atoms with Crippen LogP contribution in [-0.2, 0) is 9.84 Å². The molecule has 0 aromatic heterocycles. The van der Waals surface area contributed by atoms with Gasteiger partial charge in [-0.2, -0.15) is 0 Å². The number of nitrogens with two attached hydrogens (primary N) is 1. The summed E-state index contributed by atoms with van der Waals surface area (Å²) in [6, 6.07) is 0. The first-order valence-electron chi connectivity index (χ1n) is 5.17. The normalized spacial score (nSPS) is 24.3. The van der Waals surface area contributed by atoms with Crippen LogP contribution in [0.5, 0.6) is 0 Å². The molecular formula is C9H19N3O2S. The lowest BCUT2D eigenvalue weighted by atomic mass is 10.1. The van der Waals surface area contributed by atoms with Gasteiger partial charge in [-0.05, 0) is 13.0 Å². The van der Waals surface area contributed by atoms with Gasteiger partial charge < -0.3 is 10.6 Å². The minimum Gasteiger partial charge on any atom is -0.387 e. The Balaban J connectivity index is 2.48. The second-order valence-corrected chi connectivity index (χ2v) is 6.47. The van der Waals surface area contributed by atoms with Crippen LogP contribution in [0.1, 0.15) is 13.3 Å². The standard InChI is InChI=1S/C9H19N3O2S/c1-8(9(10)11)7-12-3-2-5-15(13,14)6-4-12/h8H,2-7H2,1H3,(H3,10,11). The zero-order valence-corrected chi connectivity index (χ0v) is 9.89. The Hall–Kier alpha value is -0.620. The predicted octanol–water partition coefficient (Wildman–Crippen LogP) is -0.321. The molecule has 1 saturated heterocycles. The largest absolute Gasteiger partial charge is 0.387 e. The molecule has 0 spiro atoms. The van der Waals surface area contributed by atoms with Crippen molar-refractivity contribution in [3.8, 4) is 0 Å². The zero-order chi connectivity index (χ0) is 11.5. The lowest BCUT2D eigenvalue weighted by Crippen LogP contribution is -2.36. The second kappa shape index (κ2) is 4.94. The molecule has 0 aromatic carbocycles. The Morgan fingerprint density at radius 1 is 1.47 bits per heavy atom. The van der Waals surface area contributed by atoms with Gasteiger partial charge in [-0.25, -0.2) is 8.42 Å². The minimum absolute atomic E-state index is 0.00537. The number of sulfone groups is 1. The Morgan fingerprint density at radius 3 is 2.73 bits per heavy atom.